The predicted octanol–water partition coefficient (Wildman–Crippen LogP) is 10.6. The van der Waals surface area contributed by atoms with Crippen LogP contribution in [0, 0.1) is 23.7 Å². The molecule has 55 heavy (non-hydrogen) atoms. The number of carbonyl (C=O) groups excluding carboxylic acids is 2. The molecule has 0 spiro atoms. The first-order valence-corrected chi connectivity index (χ1v) is 20.8. The molecule has 10 heteroatoms. The molecule has 0 atom stereocenters. The number of hydrogen-bond acceptors (Lipinski definition) is 9. The third-order valence-electron chi connectivity index (χ3n) is 11.4. The van der Waals surface area contributed by atoms with Gasteiger partial charge in [-0.1, -0.05) is 101 Å². The monoisotopic (exact) mass is 780 g/mol. The van der Waals surface area contributed by atoms with E-state index in [9.17, 15) is 20.1 Å². The van der Waals surface area contributed by atoms with Crippen molar-refractivity contribution < 1.29 is 29.7 Å². The van der Waals surface area contributed by atoms with E-state index in [0.29, 0.717) is 73.3 Å². The molecule has 4 aromatic carbocycles. The third-order valence-corrected chi connectivity index (χ3v) is 13.7. The van der Waals surface area contributed by atoms with Gasteiger partial charge in [-0.15, -0.1) is 0 Å². The van der Waals surface area contributed by atoms with Crippen molar-refractivity contribution in [3.05, 3.63) is 106 Å². The number of carbonyl (C=O) groups is 3. The van der Waals surface area contributed by atoms with Crippen LogP contribution in [-0.4, -0.2) is 45.9 Å². The SMILES string of the molecule is C.CC1CCC(CNc2ccc(Sc3ccccc3C(=O)O)c3c2C(=O)c2c(Sc4ccccc4C(O)O)ccc(NCC4CCC(C)CC4)c2C3=O)CC1. The van der Waals surface area contributed by atoms with E-state index < -0.39 is 12.3 Å². The van der Waals surface area contributed by atoms with E-state index >= 15 is 9.59 Å². The molecule has 3 aliphatic rings. The molecule has 0 radical (unpaired) electrons. The minimum Gasteiger partial charge on any atom is -0.478 e. The maximum Gasteiger partial charge on any atom is 0.336 e. The smallest absolute Gasteiger partial charge is 0.336 e. The number of benzene rings is 4. The summed E-state index contributed by atoms with van der Waals surface area (Å²) in [4.78, 5) is 44.8. The van der Waals surface area contributed by atoms with Gasteiger partial charge in [0.15, 0.2) is 17.9 Å². The van der Waals surface area contributed by atoms with Gasteiger partial charge in [0.25, 0.3) is 0 Å². The Bertz CT molecular complexity index is 2050. The molecule has 2 saturated carbocycles. The second-order valence-corrected chi connectivity index (χ2v) is 17.5. The lowest BCUT2D eigenvalue weighted by Gasteiger charge is -2.30. The largest absolute Gasteiger partial charge is 0.478 e. The van der Waals surface area contributed by atoms with Crippen LogP contribution >= 0.6 is 23.5 Å². The Morgan fingerprint density at radius 1 is 0.618 bits per heavy atom. The highest BCUT2D eigenvalue weighted by molar-refractivity contribution is 7.99. The van der Waals surface area contributed by atoms with E-state index in [4.69, 9.17) is 0 Å². The highest BCUT2D eigenvalue weighted by atomic mass is 32.2. The molecule has 7 rings (SSSR count). The van der Waals surface area contributed by atoms with Crippen LogP contribution in [0.3, 0.4) is 0 Å². The minimum absolute atomic E-state index is 0. The first-order valence-electron chi connectivity index (χ1n) is 19.1. The number of fused-ring (bicyclic) bond motifs is 2. The molecule has 4 aromatic rings. The van der Waals surface area contributed by atoms with E-state index in [1.807, 2.05) is 24.3 Å². The third kappa shape index (κ3) is 8.83. The average Bonchev–Trinajstić information content (AvgIpc) is 3.17. The van der Waals surface area contributed by atoms with Crippen molar-refractivity contribution in [2.75, 3.05) is 23.7 Å². The first kappa shape index (κ1) is 40.6. The van der Waals surface area contributed by atoms with Crippen molar-refractivity contribution in [3.63, 3.8) is 0 Å². The van der Waals surface area contributed by atoms with Gasteiger partial charge in [0.05, 0.1) is 16.7 Å². The fourth-order valence-corrected chi connectivity index (χ4v) is 10.3. The second kappa shape index (κ2) is 17.8. The number of nitrogens with one attached hydrogen (secondary N) is 2. The zero-order chi connectivity index (χ0) is 37.9. The summed E-state index contributed by atoms with van der Waals surface area (Å²) in [5.74, 6) is 0.623. The number of rotatable bonds is 12. The summed E-state index contributed by atoms with van der Waals surface area (Å²) in [6, 6.07) is 21.0. The molecule has 8 nitrogen and oxygen atoms in total. The summed E-state index contributed by atoms with van der Waals surface area (Å²) < 4.78 is 0. The lowest BCUT2D eigenvalue weighted by molar-refractivity contribution is -0.0445. The molecule has 0 bridgehead atoms. The number of carboxylic acid groups (broad SMARTS) is 1. The van der Waals surface area contributed by atoms with Crippen LogP contribution in [0.2, 0.25) is 0 Å². The summed E-state index contributed by atoms with van der Waals surface area (Å²) in [6.45, 7) is 5.92. The van der Waals surface area contributed by atoms with Gasteiger partial charge in [-0.25, -0.2) is 4.79 Å². The minimum atomic E-state index is -1.71. The van der Waals surface area contributed by atoms with E-state index in [0.717, 1.165) is 51.4 Å². The molecule has 0 saturated heterocycles. The van der Waals surface area contributed by atoms with E-state index in [1.54, 1.807) is 48.5 Å². The van der Waals surface area contributed by atoms with E-state index in [1.165, 1.54) is 23.5 Å². The van der Waals surface area contributed by atoms with Crippen LogP contribution in [-0.2, 0) is 0 Å². The molecule has 0 aliphatic heterocycles. The number of anilines is 2. The Kier molecular flexibility index (Phi) is 13.1. The Morgan fingerprint density at radius 3 is 1.53 bits per heavy atom. The lowest BCUT2D eigenvalue weighted by Crippen LogP contribution is -2.28. The molecular weight excluding hydrogens is 729 g/mol. The van der Waals surface area contributed by atoms with Gasteiger partial charge in [0.2, 0.25) is 0 Å². The van der Waals surface area contributed by atoms with E-state index in [-0.39, 0.29) is 46.8 Å². The average molecular weight is 781 g/mol. The number of aliphatic hydroxyl groups is 2. The highest BCUT2D eigenvalue weighted by Gasteiger charge is 2.39. The maximum absolute atomic E-state index is 15.2. The molecule has 0 amide bonds. The summed E-state index contributed by atoms with van der Waals surface area (Å²) in [5.41, 5.74) is 2.71. The van der Waals surface area contributed by atoms with Gasteiger partial charge in [0.1, 0.15) is 0 Å². The van der Waals surface area contributed by atoms with E-state index in [2.05, 4.69) is 24.5 Å². The van der Waals surface area contributed by atoms with Crippen LogP contribution in [0.4, 0.5) is 11.4 Å². The first-order chi connectivity index (χ1) is 26.1. The maximum atomic E-state index is 15.2. The Balaban J connectivity index is 0.00000514. The lowest BCUT2D eigenvalue weighted by atomic mass is 9.81. The fraction of sp³-hybridized carbons (Fsp3) is 0.400. The summed E-state index contributed by atoms with van der Waals surface area (Å²) in [7, 11) is 0. The van der Waals surface area contributed by atoms with Gasteiger partial charge >= 0.3 is 5.97 Å². The molecular formula is C45H52N2O6S2. The topological polar surface area (TPSA) is 136 Å². The zero-order valence-corrected chi connectivity index (χ0v) is 32.4. The van der Waals surface area contributed by atoms with Crippen LogP contribution in [0.25, 0.3) is 0 Å². The van der Waals surface area contributed by atoms with Crippen molar-refractivity contribution >= 4 is 52.4 Å². The normalized spacial score (nSPS) is 20.7. The zero-order valence-electron chi connectivity index (χ0n) is 30.8. The van der Waals surface area contributed by atoms with Gasteiger partial charge in [-0.05, 0) is 91.8 Å². The molecule has 3 aliphatic carbocycles. The number of hydrogen-bond donors (Lipinski definition) is 5. The van der Waals surface area contributed by atoms with Gasteiger partial charge in [-0.2, -0.15) is 0 Å². The molecule has 0 unspecified atom stereocenters. The Morgan fingerprint density at radius 2 is 1.05 bits per heavy atom. The van der Waals surface area contributed by atoms with Crippen LogP contribution < -0.4 is 10.6 Å². The number of aromatic carboxylic acids is 1. The molecule has 2 fully saturated rings. The highest BCUT2D eigenvalue weighted by Crippen LogP contribution is 2.47. The molecule has 0 aromatic heterocycles. The molecule has 5 N–H and O–H groups in total. The number of aliphatic hydroxyl groups excluding tert-OH is 1. The molecule has 0 heterocycles. The van der Waals surface area contributed by atoms with Crippen LogP contribution in [0.15, 0.2) is 92.4 Å². The predicted molar refractivity (Wildman–Crippen MR) is 221 cm³/mol. The summed E-state index contributed by atoms with van der Waals surface area (Å²) in [5, 5.41) is 37.5. The molecule has 290 valence electrons. The van der Waals surface area contributed by atoms with Gasteiger partial charge < -0.3 is 26.0 Å². The Hall–Kier alpha value is -4.09. The quantitative estimate of drug-likeness (QED) is 0.0778. The number of ketones is 2. The number of carboxylic acids is 1. The summed E-state index contributed by atoms with van der Waals surface area (Å²) in [6.07, 6.45) is 7.31. The van der Waals surface area contributed by atoms with Crippen molar-refractivity contribution in [2.45, 2.75) is 98.5 Å². The van der Waals surface area contributed by atoms with Crippen molar-refractivity contribution in [1.29, 1.82) is 0 Å². The van der Waals surface area contributed by atoms with Crippen molar-refractivity contribution in [1.82, 2.24) is 0 Å². The van der Waals surface area contributed by atoms with Crippen LogP contribution in [0.5, 0.6) is 0 Å². The van der Waals surface area contributed by atoms with Gasteiger partial charge in [-0.3, -0.25) is 9.59 Å². The summed E-state index contributed by atoms with van der Waals surface area (Å²) >= 11 is 2.42. The fourth-order valence-electron chi connectivity index (χ4n) is 8.14. The second-order valence-electron chi connectivity index (χ2n) is 15.3. The standard InChI is InChI=1S/C44H48N2O6S2.CH4/c1-25-11-15-27(16-12-25)23-45-31-19-21-35(53-33-9-5-3-7-29(33)43(49)50)39-37(31)41(47)40-36(54-34-10-6-4-8-30(34)44(51)52)22-20-32(38(40)42(39)48)46-24-28-17-13-26(2)14-18-28;/h3-10,19-22,25-28,43,45-46,49-50H,11-18,23-24H2,1-2H3,(H,51,52);1H4. The van der Waals surface area contributed by atoms with Crippen molar-refractivity contribution in [3.8, 4) is 0 Å². The van der Waals surface area contributed by atoms with Gasteiger partial charge in [0, 0.05) is 60.7 Å². The van der Waals surface area contributed by atoms with Crippen LogP contribution in [0.1, 0.15) is 127 Å². The van der Waals surface area contributed by atoms with Crippen molar-refractivity contribution in [2.24, 2.45) is 23.7 Å². The Labute approximate surface area is 332 Å².